The maximum Gasteiger partial charge on any atom is 0.138 e. The Labute approximate surface area is 119 Å². The van der Waals surface area contributed by atoms with Crippen LogP contribution < -0.4 is 10.5 Å². The zero-order valence-corrected chi connectivity index (χ0v) is 11.8. The second-order valence-corrected chi connectivity index (χ2v) is 5.47. The minimum absolute atomic E-state index is 0.609. The van der Waals surface area contributed by atoms with Gasteiger partial charge in [0.15, 0.2) is 0 Å². The fraction of sp³-hybridized carbons (Fsp3) is 0.0714. The number of methoxy groups -OCH3 is 1. The van der Waals surface area contributed by atoms with Gasteiger partial charge in [0, 0.05) is 11.3 Å². The topological polar surface area (TPSA) is 48.1 Å². The maximum atomic E-state index is 6.22. The van der Waals surface area contributed by atoms with E-state index in [4.69, 9.17) is 22.1 Å². The molecule has 0 unspecified atom stereocenters. The first-order valence-electron chi connectivity index (χ1n) is 5.68. The Balaban J connectivity index is 2.20. The molecule has 3 rings (SSSR count). The number of halogens is 1. The molecule has 0 saturated carbocycles. The van der Waals surface area contributed by atoms with E-state index < -0.39 is 0 Å². The summed E-state index contributed by atoms with van der Waals surface area (Å²) in [6.07, 6.45) is 0. The van der Waals surface area contributed by atoms with Gasteiger partial charge in [-0.05, 0) is 30.3 Å². The predicted molar refractivity (Wildman–Crippen MR) is 81.0 cm³/mol. The standard InChI is InChI=1S/C14H11ClN2OS/c1-18-12-4-2-3-11-13(12)19-14(17-11)9-6-5-8(16)7-10(9)15/h2-7H,16H2,1H3. The molecule has 0 aliphatic heterocycles. The zero-order valence-electron chi connectivity index (χ0n) is 10.2. The van der Waals surface area contributed by atoms with Crippen LogP contribution in [-0.4, -0.2) is 12.1 Å². The first-order chi connectivity index (χ1) is 9.19. The number of thiazole rings is 1. The van der Waals surface area contributed by atoms with Gasteiger partial charge in [-0.2, -0.15) is 0 Å². The molecule has 0 atom stereocenters. The summed E-state index contributed by atoms with van der Waals surface area (Å²) in [7, 11) is 1.66. The molecule has 0 bridgehead atoms. The Hall–Kier alpha value is -1.78. The summed E-state index contributed by atoms with van der Waals surface area (Å²) < 4.78 is 6.36. The van der Waals surface area contributed by atoms with Gasteiger partial charge in [0.1, 0.15) is 10.8 Å². The van der Waals surface area contributed by atoms with Gasteiger partial charge >= 0.3 is 0 Å². The smallest absolute Gasteiger partial charge is 0.138 e. The van der Waals surface area contributed by atoms with Crippen LogP contribution in [0.4, 0.5) is 5.69 Å². The zero-order chi connectivity index (χ0) is 13.4. The molecule has 0 spiro atoms. The van der Waals surface area contributed by atoms with E-state index in [0.717, 1.165) is 26.5 Å². The molecule has 5 heteroatoms. The maximum absolute atomic E-state index is 6.22. The van der Waals surface area contributed by atoms with Gasteiger partial charge in [-0.3, -0.25) is 0 Å². The van der Waals surface area contributed by atoms with E-state index in [1.54, 1.807) is 24.5 Å². The molecule has 2 aromatic carbocycles. The fourth-order valence-electron chi connectivity index (χ4n) is 1.90. The summed E-state index contributed by atoms with van der Waals surface area (Å²) in [6, 6.07) is 11.3. The van der Waals surface area contributed by atoms with Crippen molar-refractivity contribution in [2.24, 2.45) is 0 Å². The Kier molecular flexibility index (Phi) is 3.05. The highest BCUT2D eigenvalue weighted by Gasteiger charge is 2.12. The van der Waals surface area contributed by atoms with Crippen LogP contribution in [0.1, 0.15) is 0 Å². The van der Waals surface area contributed by atoms with Crippen molar-refractivity contribution in [3.8, 4) is 16.3 Å². The van der Waals surface area contributed by atoms with Crippen molar-refractivity contribution in [2.75, 3.05) is 12.8 Å². The first-order valence-corrected chi connectivity index (χ1v) is 6.87. The number of nitrogens with two attached hydrogens (primary N) is 1. The van der Waals surface area contributed by atoms with E-state index in [1.807, 2.05) is 30.3 Å². The Bertz CT molecular complexity index is 754. The molecule has 0 radical (unpaired) electrons. The van der Waals surface area contributed by atoms with Crippen LogP contribution in [0.2, 0.25) is 5.02 Å². The van der Waals surface area contributed by atoms with Gasteiger partial charge in [-0.1, -0.05) is 17.7 Å². The van der Waals surface area contributed by atoms with E-state index in [9.17, 15) is 0 Å². The van der Waals surface area contributed by atoms with Gasteiger partial charge in [0.25, 0.3) is 0 Å². The minimum Gasteiger partial charge on any atom is -0.495 e. The largest absolute Gasteiger partial charge is 0.495 e. The quantitative estimate of drug-likeness (QED) is 0.719. The molecule has 3 aromatic rings. The van der Waals surface area contributed by atoms with Crippen LogP contribution >= 0.6 is 22.9 Å². The van der Waals surface area contributed by atoms with Crippen LogP contribution in [0, 0.1) is 0 Å². The third kappa shape index (κ3) is 2.13. The van der Waals surface area contributed by atoms with Crippen molar-refractivity contribution in [2.45, 2.75) is 0 Å². The van der Waals surface area contributed by atoms with Crippen LogP contribution in [0.5, 0.6) is 5.75 Å². The molecular formula is C14H11ClN2OS. The molecule has 0 saturated heterocycles. The van der Waals surface area contributed by atoms with Crippen molar-refractivity contribution in [1.29, 1.82) is 0 Å². The molecule has 1 aromatic heterocycles. The summed E-state index contributed by atoms with van der Waals surface area (Å²) in [5.41, 5.74) is 8.15. The molecule has 3 nitrogen and oxygen atoms in total. The van der Waals surface area contributed by atoms with Gasteiger partial charge in [0.05, 0.1) is 22.3 Å². The Morgan fingerprint density at radius 2 is 2.11 bits per heavy atom. The highest BCUT2D eigenvalue weighted by molar-refractivity contribution is 7.22. The van der Waals surface area contributed by atoms with Crippen LogP contribution in [0.15, 0.2) is 36.4 Å². The summed E-state index contributed by atoms with van der Waals surface area (Å²) in [5, 5.41) is 1.47. The minimum atomic E-state index is 0.609. The van der Waals surface area contributed by atoms with E-state index in [-0.39, 0.29) is 0 Å². The number of ether oxygens (including phenoxy) is 1. The molecule has 0 aliphatic rings. The summed E-state index contributed by atoms with van der Waals surface area (Å²) in [4.78, 5) is 4.60. The summed E-state index contributed by atoms with van der Waals surface area (Å²) in [5.74, 6) is 0.827. The number of anilines is 1. The lowest BCUT2D eigenvalue weighted by Gasteiger charge is -2.00. The second kappa shape index (κ2) is 4.72. The molecule has 0 amide bonds. The lowest BCUT2D eigenvalue weighted by molar-refractivity contribution is 0.420. The summed E-state index contributed by atoms with van der Waals surface area (Å²) in [6.45, 7) is 0. The second-order valence-electron chi connectivity index (χ2n) is 4.07. The molecule has 1 heterocycles. The normalized spacial score (nSPS) is 10.8. The average Bonchev–Trinajstić information content (AvgIpc) is 2.81. The Morgan fingerprint density at radius 1 is 1.26 bits per heavy atom. The van der Waals surface area contributed by atoms with E-state index in [0.29, 0.717) is 10.7 Å². The number of nitrogens with zero attached hydrogens (tertiary/aromatic N) is 1. The van der Waals surface area contributed by atoms with Gasteiger partial charge in [-0.25, -0.2) is 4.98 Å². The van der Waals surface area contributed by atoms with Gasteiger partial charge < -0.3 is 10.5 Å². The van der Waals surface area contributed by atoms with Crippen LogP contribution in [-0.2, 0) is 0 Å². The number of rotatable bonds is 2. The first kappa shape index (κ1) is 12.3. The molecular weight excluding hydrogens is 280 g/mol. The van der Waals surface area contributed by atoms with Crippen LogP contribution in [0.3, 0.4) is 0 Å². The number of nitrogen functional groups attached to an aromatic ring is 1. The monoisotopic (exact) mass is 290 g/mol. The van der Waals surface area contributed by atoms with Gasteiger partial charge in [0.2, 0.25) is 0 Å². The molecule has 19 heavy (non-hydrogen) atoms. The van der Waals surface area contributed by atoms with E-state index in [1.165, 1.54) is 0 Å². The molecule has 0 fully saturated rings. The van der Waals surface area contributed by atoms with E-state index in [2.05, 4.69) is 4.98 Å². The van der Waals surface area contributed by atoms with Crippen molar-refractivity contribution < 1.29 is 4.74 Å². The third-order valence-corrected chi connectivity index (χ3v) is 4.25. The average molecular weight is 291 g/mol. The van der Waals surface area contributed by atoms with Gasteiger partial charge in [-0.15, -0.1) is 11.3 Å². The number of aromatic nitrogens is 1. The molecule has 0 aliphatic carbocycles. The van der Waals surface area contributed by atoms with Crippen LogP contribution in [0.25, 0.3) is 20.8 Å². The summed E-state index contributed by atoms with van der Waals surface area (Å²) >= 11 is 7.78. The van der Waals surface area contributed by atoms with E-state index >= 15 is 0 Å². The third-order valence-electron chi connectivity index (χ3n) is 2.82. The highest BCUT2D eigenvalue weighted by atomic mass is 35.5. The van der Waals surface area contributed by atoms with Crippen molar-refractivity contribution in [1.82, 2.24) is 4.98 Å². The number of hydrogen-bond donors (Lipinski definition) is 1. The lowest BCUT2D eigenvalue weighted by Crippen LogP contribution is -1.85. The fourth-order valence-corrected chi connectivity index (χ4v) is 3.33. The predicted octanol–water partition coefficient (Wildman–Crippen LogP) is 4.21. The number of benzene rings is 2. The SMILES string of the molecule is COc1cccc2nc(-c3ccc(N)cc3Cl)sc12. The van der Waals surface area contributed by atoms with Crippen molar-refractivity contribution in [3.63, 3.8) is 0 Å². The number of hydrogen-bond acceptors (Lipinski definition) is 4. The van der Waals surface area contributed by atoms with Crippen molar-refractivity contribution in [3.05, 3.63) is 41.4 Å². The Morgan fingerprint density at radius 3 is 2.84 bits per heavy atom. The highest BCUT2D eigenvalue weighted by Crippen LogP contribution is 2.38. The van der Waals surface area contributed by atoms with Crippen molar-refractivity contribution >= 4 is 38.8 Å². The number of fused-ring (bicyclic) bond motifs is 1. The molecule has 2 N–H and O–H groups in total. The molecule has 96 valence electrons. The lowest BCUT2D eigenvalue weighted by atomic mass is 10.2.